The third-order valence-corrected chi connectivity index (χ3v) is 4.31. The van der Waals surface area contributed by atoms with E-state index in [1.54, 1.807) is 37.4 Å². The summed E-state index contributed by atoms with van der Waals surface area (Å²) in [4.78, 5) is 13.3. The number of halogens is 1. The zero-order valence-electron chi connectivity index (χ0n) is 11.7. The summed E-state index contributed by atoms with van der Waals surface area (Å²) in [6.45, 7) is 0. The lowest BCUT2D eigenvalue weighted by Crippen LogP contribution is -2.14. The Labute approximate surface area is 136 Å². The molecule has 0 bridgehead atoms. The number of methoxy groups -OCH3 is 1. The van der Waals surface area contributed by atoms with Gasteiger partial charge >= 0.3 is 0 Å². The molecule has 5 nitrogen and oxygen atoms in total. The van der Waals surface area contributed by atoms with E-state index < -0.39 is 0 Å². The molecule has 0 atom stereocenters. The quantitative estimate of drug-likeness (QED) is 0.684. The molecule has 3 aromatic rings. The van der Waals surface area contributed by atoms with Gasteiger partial charge in [0.2, 0.25) is 0 Å². The van der Waals surface area contributed by atoms with Crippen LogP contribution in [0.25, 0.3) is 11.0 Å². The van der Waals surface area contributed by atoms with Gasteiger partial charge in [0.25, 0.3) is 5.91 Å². The molecule has 0 unspecified atom stereocenters. The lowest BCUT2D eigenvalue weighted by atomic mass is 10.3. The molecule has 0 aliphatic rings. The fraction of sp³-hybridized carbons (Fsp3) is 0.133. The highest BCUT2D eigenvalue weighted by molar-refractivity contribution is 8.00. The number of fused-ring (bicyclic) bond motifs is 1. The molecule has 0 N–H and O–H groups in total. The highest BCUT2D eigenvalue weighted by Crippen LogP contribution is 2.22. The van der Waals surface area contributed by atoms with Crippen LogP contribution in [0.2, 0.25) is 5.02 Å². The molecule has 0 saturated heterocycles. The molecular formula is C15H12ClN3O2S. The van der Waals surface area contributed by atoms with Gasteiger partial charge in [0, 0.05) is 16.0 Å². The van der Waals surface area contributed by atoms with Crippen LogP contribution >= 0.6 is 23.4 Å². The first-order valence-electron chi connectivity index (χ1n) is 6.48. The summed E-state index contributed by atoms with van der Waals surface area (Å²) in [5.74, 6) is 0.821. The maximum absolute atomic E-state index is 12.3. The number of carbonyl (C=O) groups excluding carboxylic acids is 1. The van der Waals surface area contributed by atoms with E-state index in [-0.39, 0.29) is 11.7 Å². The van der Waals surface area contributed by atoms with Crippen LogP contribution in [-0.4, -0.2) is 33.8 Å². The first-order chi connectivity index (χ1) is 10.7. The Bertz CT molecular complexity index is 817. The molecule has 0 spiro atoms. The fourth-order valence-electron chi connectivity index (χ4n) is 1.95. The van der Waals surface area contributed by atoms with Gasteiger partial charge in [0.1, 0.15) is 11.3 Å². The number of aromatic nitrogens is 3. The summed E-state index contributed by atoms with van der Waals surface area (Å²) < 4.78 is 6.45. The van der Waals surface area contributed by atoms with E-state index in [9.17, 15) is 4.79 Å². The molecule has 1 heterocycles. The minimum absolute atomic E-state index is 0.132. The van der Waals surface area contributed by atoms with Crippen LogP contribution in [0.1, 0.15) is 4.79 Å². The topological polar surface area (TPSA) is 57.0 Å². The zero-order chi connectivity index (χ0) is 15.5. The molecule has 0 saturated carbocycles. The van der Waals surface area contributed by atoms with E-state index in [4.69, 9.17) is 16.3 Å². The number of thioether (sulfide) groups is 1. The van der Waals surface area contributed by atoms with Crippen molar-refractivity contribution in [2.75, 3.05) is 12.9 Å². The van der Waals surface area contributed by atoms with Crippen molar-refractivity contribution in [3.8, 4) is 5.75 Å². The first kappa shape index (κ1) is 14.9. The minimum atomic E-state index is -0.132. The number of ether oxygens (including phenoxy) is 1. The molecule has 0 fully saturated rings. The van der Waals surface area contributed by atoms with Crippen LogP contribution in [0, 0.1) is 0 Å². The van der Waals surface area contributed by atoms with E-state index in [2.05, 4.69) is 10.3 Å². The van der Waals surface area contributed by atoms with Gasteiger partial charge in [-0.05, 0) is 36.4 Å². The third-order valence-electron chi connectivity index (χ3n) is 3.06. The van der Waals surface area contributed by atoms with Crippen molar-refractivity contribution in [1.82, 2.24) is 15.0 Å². The normalized spacial score (nSPS) is 10.8. The van der Waals surface area contributed by atoms with Crippen molar-refractivity contribution in [1.29, 1.82) is 0 Å². The Hall–Kier alpha value is -2.05. The standard InChI is InChI=1S/C15H12ClN3O2S/c1-21-11-4-7-14-13(8-11)17-18-19(14)15(20)9-22-12-5-2-10(16)3-6-12/h2-8H,9H2,1H3. The van der Waals surface area contributed by atoms with Gasteiger partial charge in [-0.15, -0.1) is 16.9 Å². The average Bonchev–Trinajstić information content (AvgIpc) is 2.97. The molecule has 7 heteroatoms. The number of benzene rings is 2. The van der Waals surface area contributed by atoms with Crippen LogP contribution in [0.5, 0.6) is 5.75 Å². The lowest BCUT2D eigenvalue weighted by Gasteiger charge is -2.03. The minimum Gasteiger partial charge on any atom is -0.497 e. The lowest BCUT2D eigenvalue weighted by molar-refractivity contribution is 0.0929. The van der Waals surface area contributed by atoms with Crippen molar-refractivity contribution in [3.63, 3.8) is 0 Å². The maximum Gasteiger partial charge on any atom is 0.259 e. The second-order valence-corrected chi connectivity index (χ2v) is 5.98. The number of nitrogens with zero attached hydrogens (tertiary/aromatic N) is 3. The van der Waals surface area contributed by atoms with Crippen LogP contribution in [0.4, 0.5) is 0 Å². The third kappa shape index (κ3) is 3.08. The Morgan fingerprint density at radius 3 is 2.77 bits per heavy atom. The van der Waals surface area contributed by atoms with Crippen LogP contribution < -0.4 is 4.74 Å². The number of hydrogen-bond donors (Lipinski definition) is 0. The molecule has 2 aromatic carbocycles. The summed E-state index contributed by atoms with van der Waals surface area (Å²) in [6, 6.07) is 12.7. The molecular weight excluding hydrogens is 322 g/mol. The average molecular weight is 334 g/mol. The highest BCUT2D eigenvalue weighted by atomic mass is 35.5. The Balaban J connectivity index is 1.76. The van der Waals surface area contributed by atoms with Crippen LogP contribution in [0.3, 0.4) is 0 Å². The van der Waals surface area contributed by atoms with Crippen molar-refractivity contribution in [2.45, 2.75) is 4.90 Å². The molecule has 0 aliphatic heterocycles. The Kier molecular flexibility index (Phi) is 4.31. The second-order valence-electron chi connectivity index (χ2n) is 4.49. The van der Waals surface area contributed by atoms with Gasteiger partial charge in [-0.3, -0.25) is 4.79 Å². The van der Waals surface area contributed by atoms with E-state index in [0.29, 0.717) is 21.8 Å². The van der Waals surface area contributed by atoms with Gasteiger partial charge in [-0.2, -0.15) is 4.68 Å². The van der Waals surface area contributed by atoms with Gasteiger partial charge in [0.15, 0.2) is 0 Å². The number of carbonyl (C=O) groups is 1. The van der Waals surface area contributed by atoms with E-state index >= 15 is 0 Å². The molecule has 3 rings (SSSR count). The van der Waals surface area contributed by atoms with Crippen molar-refractivity contribution in [2.24, 2.45) is 0 Å². The molecule has 0 amide bonds. The van der Waals surface area contributed by atoms with Gasteiger partial charge in [0.05, 0.1) is 18.4 Å². The molecule has 0 aliphatic carbocycles. The van der Waals surface area contributed by atoms with E-state index in [0.717, 1.165) is 4.90 Å². The van der Waals surface area contributed by atoms with Gasteiger partial charge in [-0.25, -0.2) is 0 Å². The van der Waals surface area contributed by atoms with Crippen LogP contribution in [-0.2, 0) is 0 Å². The Morgan fingerprint density at radius 2 is 2.05 bits per heavy atom. The Morgan fingerprint density at radius 1 is 1.27 bits per heavy atom. The molecule has 22 heavy (non-hydrogen) atoms. The van der Waals surface area contributed by atoms with Gasteiger partial charge < -0.3 is 4.74 Å². The van der Waals surface area contributed by atoms with Gasteiger partial charge in [-0.1, -0.05) is 16.8 Å². The summed E-state index contributed by atoms with van der Waals surface area (Å²) in [7, 11) is 1.58. The predicted molar refractivity (Wildman–Crippen MR) is 86.9 cm³/mol. The summed E-state index contributed by atoms with van der Waals surface area (Å²) >= 11 is 7.27. The number of rotatable bonds is 4. The number of hydrogen-bond acceptors (Lipinski definition) is 5. The first-order valence-corrected chi connectivity index (χ1v) is 7.85. The molecule has 112 valence electrons. The second kappa shape index (κ2) is 6.37. The smallest absolute Gasteiger partial charge is 0.259 e. The zero-order valence-corrected chi connectivity index (χ0v) is 13.3. The highest BCUT2D eigenvalue weighted by Gasteiger charge is 2.13. The van der Waals surface area contributed by atoms with Crippen LogP contribution in [0.15, 0.2) is 47.4 Å². The van der Waals surface area contributed by atoms with E-state index in [1.807, 2.05) is 12.1 Å². The summed E-state index contributed by atoms with van der Waals surface area (Å²) in [6.07, 6.45) is 0. The summed E-state index contributed by atoms with van der Waals surface area (Å²) in [5, 5.41) is 8.60. The SMILES string of the molecule is COc1ccc2c(c1)nnn2C(=O)CSc1ccc(Cl)cc1. The molecule has 0 radical (unpaired) electrons. The monoisotopic (exact) mass is 333 g/mol. The maximum atomic E-state index is 12.3. The van der Waals surface area contributed by atoms with E-state index in [1.165, 1.54) is 16.4 Å². The van der Waals surface area contributed by atoms with Crippen molar-refractivity contribution < 1.29 is 9.53 Å². The molecule has 1 aromatic heterocycles. The van der Waals surface area contributed by atoms with Crippen molar-refractivity contribution >= 4 is 40.3 Å². The largest absolute Gasteiger partial charge is 0.497 e. The predicted octanol–water partition coefficient (Wildman–Crippen LogP) is 3.53. The fourth-order valence-corrected chi connectivity index (χ4v) is 2.82. The summed E-state index contributed by atoms with van der Waals surface area (Å²) in [5.41, 5.74) is 1.30. The van der Waals surface area contributed by atoms with Crippen molar-refractivity contribution in [3.05, 3.63) is 47.5 Å².